The third kappa shape index (κ3) is 5.38. The van der Waals surface area contributed by atoms with Gasteiger partial charge >= 0.3 is 0 Å². The highest BCUT2D eigenvalue weighted by Gasteiger charge is 2.08. The van der Waals surface area contributed by atoms with Crippen molar-refractivity contribution in [3.05, 3.63) is 33.3 Å². The van der Waals surface area contributed by atoms with E-state index in [2.05, 4.69) is 28.2 Å². The first-order chi connectivity index (χ1) is 8.17. The second-order valence-corrected chi connectivity index (χ2v) is 5.38. The van der Waals surface area contributed by atoms with Crippen LogP contribution in [0.3, 0.4) is 0 Å². The first-order valence-corrected chi connectivity index (χ1v) is 7.00. The normalized spacial score (nSPS) is 12.7. The van der Waals surface area contributed by atoms with Gasteiger partial charge in [-0.05, 0) is 24.1 Å². The molecule has 1 atom stereocenters. The van der Waals surface area contributed by atoms with E-state index in [1.807, 2.05) is 18.2 Å². The number of nitrogens with one attached hydrogen (secondary N) is 1. The number of benzene rings is 1. The molecule has 1 rings (SSSR count). The predicted octanol–water partition coefficient (Wildman–Crippen LogP) is 4.01. The van der Waals surface area contributed by atoms with E-state index in [1.165, 1.54) is 0 Å². The molecule has 1 N–H and O–H groups in total. The van der Waals surface area contributed by atoms with E-state index in [4.69, 9.17) is 16.3 Å². The molecule has 2 nitrogen and oxygen atoms in total. The second kappa shape index (κ2) is 8.09. The minimum atomic E-state index is 0.393. The molecule has 0 amide bonds. The number of hydrogen-bond donors (Lipinski definition) is 1. The van der Waals surface area contributed by atoms with Crippen molar-refractivity contribution in [1.29, 1.82) is 0 Å². The third-order valence-corrected chi connectivity index (χ3v) is 3.45. The summed E-state index contributed by atoms with van der Waals surface area (Å²) in [4.78, 5) is 0. The number of methoxy groups -OCH3 is 1. The van der Waals surface area contributed by atoms with Gasteiger partial charge in [0.2, 0.25) is 0 Å². The molecule has 17 heavy (non-hydrogen) atoms. The quantitative estimate of drug-likeness (QED) is 0.819. The lowest BCUT2D eigenvalue weighted by Crippen LogP contribution is -2.32. The summed E-state index contributed by atoms with van der Waals surface area (Å²) in [5.41, 5.74) is 1.12. The van der Waals surface area contributed by atoms with Crippen LogP contribution in [0.25, 0.3) is 0 Å². The maximum atomic E-state index is 6.17. The number of rotatable bonds is 7. The molecule has 0 aliphatic carbocycles. The van der Waals surface area contributed by atoms with Crippen LogP contribution in [0.1, 0.15) is 25.3 Å². The van der Waals surface area contributed by atoms with E-state index in [9.17, 15) is 0 Å². The molecular weight excluding hydrogens is 302 g/mol. The fraction of sp³-hybridized carbons (Fsp3) is 0.538. The van der Waals surface area contributed by atoms with Gasteiger partial charge in [-0.1, -0.05) is 46.9 Å². The Labute approximate surface area is 117 Å². The van der Waals surface area contributed by atoms with Gasteiger partial charge in [0.15, 0.2) is 0 Å². The highest BCUT2D eigenvalue weighted by molar-refractivity contribution is 9.10. The van der Waals surface area contributed by atoms with Crippen molar-refractivity contribution >= 4 is 27.5 Å². The van der Waals surface area contributed by atoms with Crippen LogP contribution >= 0.6 is 27.5 Å². The van der Waals surface area contributed by atoms with Crippen LogP contribution in [0.4, 0.5) is 0 Å². The average molecular weight is 321 g/mol. The van der Waals surface area contributed by atoms with Crippen molar-refractivity contribution < 1.29 is 4.74 Å². The maximum Gasteiger partial charge on any atom is 0.0615 e. The standard InChI is InChI=1S/C13H19BrClNO/c1-3-4-12(9-17-2)16-8-10-5-6-11(14)7-13(10)15/h5-7,12,16H,3-4,8-9H2,1-2H3. The number of ether oxygens (including phenoxy) is 1. The molecule has 1 aromatic rings. The second-order valence-electron chi connectivity index (χ2n) is 4.06. The van der Waals surface area contributed by atoms with Crippen LogP contribution in [0.15, 0.2) is 22.7 Å². The summed E-state index contributed by atoms with van der Waals surface area (Å²) in [5, 5.41) is 4.26. The fourth-order valence-corrected chi connectivity index (χ4v) is 2.45. The van der Waals surface area contributed by atoms with Gasteiger partial charge in [-0.3, -0.25) is 0 Å². The van der Waals surface area contributed by atoms with E-state index in [0.717, 1.165) is 41.1 Å². The summed E-state index contributed by atoms with van der Waals surface area (Å²) in [6, 6.07) is 6.36. The Bertz CT molecular complexity index is 340. The van der Waals surface area contributed by atoms with Crippen LogP contribution in [-0.4, -0.2) is 19.8 Å². The largest absolute Gasteiger partial charge is 0.383 e. The molecule has 0 aromatic heterocycles. The van der Waals surface area contributed by atoms with Crippen LogP contribution in [0.5, 0.6) is 0 Å². The van der Waals surface area contributed by atoms with Crippen molar-refractivity contribution in [1.82, 2.24) is 5.32 Å². The van der Waals surface area contributed by atoms with Gasteiger partial charge in [-0.15, -0.1) is 0 Å². The summed E-state index contributed by atoms with van der Waals surface area (Å²) in [7, 11) is 1.73. The average Bonchev–Trinajstić information content (AvgIpc) is 2.28. The highest BCUT2D eigenvalue weighted by atomic mass is 79.9. The van der Waals surface area contributed by atoms with Crippen LogP contribution in [0, 0.1) is 0 Å². The molecule has 0 saturated heterocycles. The number of hydrogen-bond acceptors (Lipinski definition) is 2. The Morgan fingerprint density at radius 3 is 2.82 bits per heavy atom. The smallest absolute Gasteiger partial charge is 0.0615 e. The van der Waals surface area contributed by atoms with E-state index >= 15 is 0 Å². The van der Waals surface area contributed by atoms with E-state index in [1.54, 1.807) is 7.11 Å². The summed E-state index contributed by atoms with van der Waals surface area (Å²) in [6.07, 6.45) is 2.26. The van der Waals surface area contributed by atoms with Gasteiger partial charge in [0.25, 0.3) is 0 Å². The molecule has 0 heterocycles. The van der Waals surface area contributed by atoms with E-state index < -0.39 is 0 Å². The Morgan fingerprint density at radius 1 is 1.47 bits per heavy atom. The molecule has 1 aromatic carbocycles. The highest BCUT2D eigenvalue weighted by Crippen LogP contribution is 2.21. The molecule has 0 spiro atoms. The van der Waals surface area contributed by atoms with Crippen molar-refractivity contribution in [2.75, 3.05) is 13.7 Å². The molecule has 4 heteroatoms. The molecule has 0 radical (unpaired) electrons. The van der Waals surface area contributed by atoms with Gasteiger partial charge in [-0.25, -0.2) is 0 Å². The Hall–Kier alpha value is -0.0900. The third-order valence-electron chi connectivity index (χ3n) is 2.60. The lowest BCUT2D eigenvalue weighted by Gasteiger charge is -2.17. The topological polar surface area (TPSA) is 21.3 Å². The predicted molar refractivity (Wildman–Crippen MR) is 76.6 cm³/mol. The molecule has 0 aliphatic rings. The zero-order valence-corrected chi connectivity index (χ0v) is 12.6. The van der Waals surface area contributed by atoms with Gasteiger partial charge in [-0.2, -0.15) is 0 Å². The minimum Gasteiger partial charge on any atom is -0.383 e. The Balaban J connectivity index is 2.52. The van der Waals surface area contributed by atoms with Crippen LogP contribution in [-0.2, 0) is 11.3 Å². The molecule has 0 aliphatic heterocycles. The van der Waals surface area contributed by atoms with E-state index in [-0.39, 0.29) is 0 Å². The number of halogens is 2. The molecule has 0 saturated carbocycles. The lowest BCUT2D eigenvalue weighted by molar-refractivity contribution is 0.161. The maximum absolute atomic E-state index is 6.17. The van der Waals surface area contributed by atoms with Gasteiger partial charge in [0.05, 0.1) is 6.61 Å². The van der Waals surface area contributed by atoms with Crippen molar-refractivity contribution in [2.24, 2.45) is 0 Å². The first-order valence-electron chi connectivity index (χ1n) is 5.83. The van der Waals surface area contributed by atoms with Crippen LogP contribution < -0.4 is 5.32 Å². The Morgan fingerprint density at radius 2 is 2.24 bits per heavy atom. The van der Waals surface area contributed by atoms with Crippen molar-refractivity contribution in [3.63, 3.8) is 0 Å². The van der Waals surface area contributed by atoms with Gasteiger partial charge in [0.1, 0.15) is 0 Å². The summed E-state index contributed by atoms with van der Waals surface area (Å²) in [6.45, 7) is 3.69. The molecule has 1 unspecified atom stereocenters. The fourth-order valence-electron chi connectivity index (χ4n) is 1.71. The zero-order chi connectivity index (χ0) is 12.7. The SMILES string of the molecule is CCCC(COC)NCc1ccc(Br)cc1Cl. The summed E-state index contributed by atoms with van der Waals surface area (Å²) in [5.74, 6) is 0. The van der Waals surface area contributed by atoms with Crippen molar-refractivity contribution in [3.8, 4) is 0 Å². The van der Waals surface area contributed by atoms with Crippen molar-refractivity contribution in [2.45, 2.75) is 32.4 Å². The lowest BCUT2D eigenvalue weighted by atomic mass is 10.1. The van der Waals surface area contributed by atoms with Gasteiger partial charge < -0.3 is 10.1 Å². The Kier molecular flexibility index (Phi) is 7.12. The summed E-state index contributed by atoms with van der Waals surface area (Å²) < 4.78 is 6.20. The zero-order valence-electron chi connectivity index (χ0n) is 10.3. The van der Waals surface area contributed by atoms with Gasteiger partial charge in [0, 0.05) is 29.2 Å². The van der Waals surface area contributed by atoms with E-state index in [0.29, 0.717) is 6.04 Å². The monoisotopic (exact) mass is 319 g/mol. The summed E-state index contributed by atoms with van der Waals surface area (Å²) >= 11 is 9.57. The molecule has 96 valence electrons. The molecule has 0 bridgehead atoms. The van der Waals surface area contributed by atoms with Crippen LogP contribution in [0.2, 0.25) is 5.02 Å². The molecule has 0 fully saturated rings. The minimum absolute atomic E-state index is 0.393. The molecular formula is C13H19BrClNO. The first kappa shape index (κ1) is 15.0.